The fourth-order valence-corrected chi connectivity index (χ4v) is 4.37. The number of phenolic OH excluding ortho intramolecular Hbond substituents is 1. The largest absolute Gasteiger partial charge is 0.508 e. The fourth-order valence-electron chi connectivity index (χ4n) is 4.37. The molecule has 3 rings (SSSR count). The third-order valence-corrected chi connectivity index (χ3v) is 6.31. The van der Waals surface area contributed by atoms with Crippen molar-refractivity contribution >= 4 is 40.3 Å². The molecule has 0 aromatic heterocycles. The third kappa shape index (κ3) is 8.44. The van der Waals surface area contributed by atoms with Crippen LogP contribution in [0.3, 0.4) is 0 Å². The quantitative estimate of drug-likeness (QED) is 0.265. The molecule has 0 heterocycles. The summed E-state index contributed by atoms with van der Waals surface area (Å²) in [5, 5.41) is 27.0. The lowest BCUT2D eigenvalue weighted by Crippen LogP contribution is -2.52. The molecule has 0 aliphatic carbocycles. The van der Waals surface area contributed by atoms with E-state index in [2.05, 4.69) is 10.6 Å². The molecule has 2 atom stereocenters. The van der Waals surface area contributed by atoms with Gasteiger partial charge in [0.15, 0.2) is 0 Å². The average molecular weight is 574 g/mol. The van der Waals surface area contributed by atoms with Crippen molar-refractivity contribution in [3.63, 3.8) is 0 Å². The number of carbonyl (C=O) groups excluding carboxylic acids is 4. The summed E-state index contributed by atoms with van der Waals surface area (Å²) in [6, 6.07) is 16.6. The van der Waals surface area contributed by atoms with E-state index in [0.29, 0.717) is 16.8 Å². The maximum Gasteiger partial charge on any atom is 0.408 e. The molecular formula is C31H35N5O6. The lowest BCUT2D eigenvalue weighted by atomic mass is 9.99. The molecule has 0 aliphatic rings. The minimum absolute atomic E-state index is 0.0171. The number of benzene rings is 3. The van der Waals surface area contributed by atoms with E-state index in [4.69, 9.17) is 10.5 Å². The van der Waals surface area contributed by atoms with Crippen LogP contribution in [0.25, 0.3) is 10.8 Å². The van der Waals surface area contributed by atoms with Crippen LogP contribution >= 0.6 is 0 Å². The number of anilines is 1. The van der Waals surface area contributed by atoms with Crippen molar-refractivity contribution in [1.29, 1.82) is 5.26 Å². The summed E-state index contributed by atoms with van der Waals surface area (Å²) in [7, 11) is 0. The van der Waals surface area contributed by atoms with Crippen LogP contribution in [-0.2, 0) is 19.1 Å². The first-order valence-corrected chi connectivity index (χ1v) is 13.3. The van der Waals surface area contributed by atoms with E-state index < -0.39 is 48.0 Å². The number of primary amides is 1. The summed E-state index contributed by atoms with van der Waals surface area (Å²) in [5.41, 5.74) is 5.66. The van der Waals surface area contributed by atoms with Gasteiger partial charge in [-0.25, -0.2) is 4.79 Å². The zero-order valence-corrected chi connectivity index (χ0v) is 24.0. The number of nitrogens with zero attached hydrogens (tertiary/aromatic N) is 2. The van der Waals surface area contributed by atoms with Crippen LogP contribution in [0.5, 0.6) is 5.75 Å². The Hall–Kier alpha value is -5.11. The average Bonchev–Trinajstić information content (AvgIpc) is 2.91. The zero-order chi connectivity index (χ0) is 31.0. The monoisotopic (exact) mass is 573 g/mol. The van der Waals surface area contributed by atoms with Crippen molar-refractivity contribution in [2.24, 2.45) is 5.73 Å². The number of ether oxygens (including phenoxy) is 1. The highest BCUT2D eigenvalue weighted by Gasteiger charge is 2.36. The predicted octanol–water partition coefficient (Wildman–Crippen LogP) is 4.04. The fraction of sp³-hybridized carbons (Fsp3) is 0.323. The van der Waals surface area contributed by atoms with Gasteiger partial charge in [0.05, 0.1) is 6.07 Å². The van der Waals surface area contributed by atoms with Gasteiger partial charge < -0.3 is 31.1 Å². The van der Waals surface area contributed by atoms with Gasteiger partial charge in [0, 0.05) is 12.1 Å². The first-order valence-electron chi connectivity index (χ1n) is 13.3. The molecule has 0 fully saturated rings. The Bertz CT molecular complexity index is 1520. The van der Waals surface area contributed by atoms with Crippen molar-refractivity contribution in [2.75, 3.05) is 11.9 Å². The van der Waals surface area contributed by atoms with Gasteiger partial charge >= 0.3 is 6.09 Å². The van der Waals surface area contributed by atoms with E-state index in [1.54, 1.807) is 39.8 Å². The number of nitrogens with one attached hydrogen (secondary N) is 2. The Morgan fingerprint density at radius 3 is 2.36 bits per heavy atom. The first-order chi connectivity index (χ1) is 19.8. The van der Waals surface area contributed by atoms with Gasteiger partial charge in [-0.15, -0.1) is 0 Å². The summed E-state index contributed by atoms with van der Waals surface area (Å²) in [6.07, 6.45) is -1.36. The van der Waals surface area contributed by atoms with E-state index >= 15 is 0 Å². The molecule has 3 aromatic rings. The maximum absolute atomic E-state index is 14.0. The first kappa shape index (κ1) is 31.4. The second-order valence-electron chi connectivity index (χ2n) is 10.8. The van der Waals surface area contributed by atoms with E-state index in [9.17, 15) is 29.5 Å². The number of phenols is 1. The van der Waals surface area contributed by atoms with Gasteiger partial charge in [0.25, 0.3) is 5.91 Å². The van der Waals surface area contributed by atoms with Crippen LogP contribution < -0.4 is 16.4 Å². The highest BCUT2D eigenvalue weighted by molar-refractivity contribution is 6.00. The number of carbonyl (C=O) groups is 4. The van der Waals surface area contributed by atoms with E-state index in [1.807, 2.05) is 36.4 Å². The van der Waals surface area contributed by atoms with Crippen molar-refractivity contribution in [1.82, 2.24) is 10.2 Å². The van der Waals surface area contributed by atoms with Gasteiger partial charge in [0.2, 0.25) is 11.8 Å². The molecule has 11 heteroatoms. The van der Waals surface area contributed by atoms with Gasteiger partial charge in [-0.3, -0.25) is 14.4 Å². The third-order valence-electron chi connectivity index (χ3n) is 6.31. The number of alkyl carbamates (subject to hydrolysis) is 1. The molecule has 5 N–H and O–H groups in total. The van der Waals surface area contributed by atoms with Gasteiger partial charge in [-0.05, 0) is 80.3 Å². The SMILES string of the molecule is Cc1cc(C(C(=O)Nc2ccc3ccccc3c2)N(CC#N)C(=O)C(CCC(N)=O)NC(=O)OC(C)(C)C)ccc1O. The van der Waals surface area contributed by atoms with E-state index in [0.717, 1.165) is 15.7 Å². The van der Waals surface area contributed by atoms with Crippen LogP contribution in [0.4, 0.5) is 10.5 Å². The topological polar surface area (TPSA) is 175 Å². The lowest BCUT2D eigenvalue weighted by molar-refractivity contribution is -0.140. The normalized spacial score (nSPS) is 12.5. The Kier molecular flexibility index (Phi) is 10.1. The minimum atomic E-state index is -1.35. The number of fused-ring (bicyclic) bond motifs is 1. The molecule has 0 bridgehead atoms. The molecule has 11 nitrogen and oxygen atoms in total. The molecular weight excluding hydrogens is 538 g/mol. The van der Waals surface area contributed by atoms with E-state index in [-0.39, 0.29) is 18.6 Å². The van der Waals surface area contributed by atoms with Crippen LogP contribution in [0.15, 0.2) is 60.7 Å². The molecule has 0 saturated heterocycles. The molecule has 3 aromatic carbocycles. The molecule has 0 radical (unpaired) electrons. The summed E-state index contributed by atoms with van der Waals surface area (Å²) in [5.74, 6) is -2.15. The molecule has 0 saturated carbocycles. The summed E-state index contributed by atoms with van der Waals surface area (Å²) < 4.78 is 5.29. The molecule has 0 spiro atoms. The van der Waals surface area contributed by atoms with Crippen molar-refractivity contribution in [2.45, 2.75) is 58.2 Å². The lowest BCUT2D eigenvalue weighted by Gasteiger charge is -2.33. The smallest absolute Gasteiger partial charge is 0.408 e. The van der Waals surface area contributed by atoms with E-state index in [1.165, 1.54) is 18.2 Å². The second-order valence-corrected chi connectivity index (χ2v) is 10.8. The highest BCUT2D eigenvalue weighted by atomic mass is 16.6. The van der Waals surface area contributed by atoms with Crippen molar-refractivity contribution in [3.8, 4) is 11.8 Å². The zero-order valence-electron chi connectivity index (χ0n) is 24.0. The van der Waals surface area contributed by atoms with Crippen LogP contribution in [0, 0.1) is 18.3 Å². The molecule has 0 aliphatic heterocycles. The number of hydrogen-bond donors (Lipinski definition) is 4. The Balaban J connectivity index is 2.04. The maximum atomic E-state index is 14.0. The van der Waals surface area contributed by atoms with Gasteiger partial charge in [-0.1, -0.05) is 36.4 Å². The Labute approximate surface area is 244 Å². The minimum Gasteiger partial charge on any atom is -0.508 e. The predicted molar refractivity (Wildman–Crippen MR) is 157 cm³/mol. The number of nitriles is 1. The van der Waals surface area contributed by atoms with Gasteiger partial charge in [-0.2, -0.15) is 5.26 Å². The number of aromatic hydroxyl groups is 1. The standard InChI is InChI=1S/C31H35N5O6/c1-19-17-22(10-13-25(19)37)27(28(39)34-23-11-9-20-7-5-6-8-21(20)18-23)36(16-15-32)29(40)24(12-14-26(33)38)35-30(41)42-31(2,3)4/h5-11,13,17-18,24,27,37H,12,14,16H2,1-4H3,(H2,33,38)(H,34,39)(H,35,41). The number of nitrogens with two attached hydrogens (primary N) is 1. The molecule has 220 valence electrons. The number of amides is 4. The number of rotatable bonds is 10. The van der Waals surface area contributed by atoms with Crippen molar-refractivity contribution < 1.29 is 29.0 Å². The molecule has 42 heavy (non-hydrogen) atoms. The highest BCUT2D eigenvalue weighted by Crippen LogP contribution is 2.29. The Morgan fingerprint density at radius 2 is 1.74 bits per heavy atom. The number of hydrogen-bond acceptors (Lipinski definition) is 7. The van der Waals surface area contributed by atoms with Gasteiger partial charge in [0.1, 0.15) is 30.0 Å². The van der Waals surface area contributed by atoms with Crippen LogP contribution in [0.2, 0.25) is 0 Å². The van der Waals surface area contributed by atoms with Crippen molar-refractivity contribution in [3.05, 3.63) is 71.8 Å². The Morgan fingerprint density at radius 1 is 1.05 bits per heavy atom. The molecule has 2 unspecified atom stereocenters. The summed E-state index contributed by atoms with van der Waals surface area (Å²) in [4.78, 5) is 53.1. The summed E-state index contributed by atoms with van der Waals surface area (Å²) in [6.45, 7) is 6.05. The number of aryl methyl sites for hydroxylation is 1. The van der Waals surface area contributed by atoms with Crippen LogP contribution in [-0.4, -0.2) is 52.0 Å². The van der Waals surface area contributed by atoms with Crippen LogP contribution in [0.1, 0.15) is 50.8 Å². The second kappa shape index (κ2) is 13.5. The summed E-state index contributed by atoms with van der Waals surface area (Å²) >= 11 is 0. The molecule has 4 amide bonds.